The van der Waals surface area contributed by atoms with Crippen molar-refractivity contribution < 1.29 is 27.1 Å². The molecular formula is C29H34FN3O5S. The van der Waals surface area contributed by atoms with Crippen molar-refractivity contribution in [2.24, 2.45) is 0 Å². The number of sulfonamides is 1. The minimum absolute atomic E-state index is 0.0145. The zero-order chi connectivity index (χ0) is 28.6. The molecule has 0 bridgehead atoms. The number of hydrogen-bond donors (Lipinski definition) is 1. The summed E-state index contributed by atoms with van der Waals surface area (Å²) in [6.07, 6.45) is 0.701. The largest absolute Gasteiger partial charge is 0.497 e. The fourth-order valence-electron chi connectivity index (χ4n) is 3.83. The summed E-state index contributed by atoms with van der Waals surface area (Å²) < 4.78 is 47.2. The Morgan fingerprint density at radius 2 is 1.56 bits per heavy atom. The van der Waals surface area contributed by atoms with E-state index in [4.69, 9.17) is 4.74 Å². The van der Waals surface area contributed by atoms with Crippen LogP contribution in [0.2, 0.25) is 0 Å². The molecule has 0 saturated heterocycles. The highest BCUT2D eigenvalue weighted by atomic mass is 32.2. The number of rotatable bonds is 12. The lowest BCUT2D eigenvalue weighted by Gasteiger charge is -2.32. The van der Waals surface area contributed by atoms with Crippen molar-refractivity contribution in [3.8, 4) is 5.75 Å². The molecule has 10 heteroatoms. The molecule has 0 aliphatic carbocycles. The number of benzene rings is 3. The number of nitrogens with zero attached hydrogens (tertiary/aromatic N) is 2. The number of carbonyl (C=O) groups excluding carboxylic acids is 2. The van der Waals surface area contributed by atoms with E-state index in [1.165, 1.54) is 60.5 Å². The molecule has 3 aromatic carbocycles. The van der Waals surface area contributed by atoms with Crippen LogP contribution in [0.25, 0.3) is 0 Å². The van der Waals surface area contributed by atoms with Crippen LogP contribution in [-0.4, -0.2) is 50.9 Å². The van der Waals surface area contributed by atoms with Crippen LogP contribution < -0.4 is 14.4 Å². The number of anilines is 1. The lowest BCUT2D eigenvalue weighted by molar-refractivity contribution is -0.139. The predicted molar refractivity (Wildman–Crippen MR) is 148 cm³/mol. The van der Waals surface area contributed by atoms with Gasteiger partial charge in [0.05, 0.1) is 17.7 Å². The van der Waals surface area contributed by atoms with E-state index < -0.39 is 34.3 Å². The van der Waals surface area contributed by atoms with Crippen LogP contribution in [-0.2, 0) is 26.2 Å². The van der Waals surface area contributed by atoms with Crippen molar-refractivity contribution in [2.45, 2.75) is 50.7 Å². The first kappa shape index (κ1) is 29.6. The Balaban J connectivity index is 1.99. The van der Waals surface area contributed by atoms with Crippen molar-refractivity contribution in [3.63, 3.8) is 0 Å². The molecule has 3 aromatic rings. The average molecular weight is 556 g/mol. The third kappa shape index (κ3) is 7.57. The summed E-state index contributed by atoms with van der Waals surface area (Å²) >= 11 is 0. The molecule has 3 rings (SSSR count). The molecule has 208 valence electrons. The predicted octanol–water partition coefficient (Wildman–Crippen LogP) is 4.36. The number of halogens is 1. The van der Waals surface area contributed by atoms with Gasteiger partial charge in [-0.05, 0) is 74.4 Å². The summed E-state index contributed by atoms with van der Waals surface area (Å²) in [4.78, 5) is 28.1. The van der Waals surface area contributed by atoms with Crippen LogP contribution in [0.3, 0.4) is 0 Å². The molecule has 2 amide bonds. The first-order chi connectivity index (χ1) is 18.6. The first-order valence-corrected chi connectivity index (χ1v) is 14.1. The van der Waals surface area contributed by atoms with E-state index in [9.17, 15) is 22.4 Å². The van der Waals surface area contributed by atoms with Crippen LogP contribution >= 0.6 is 0 Å². The maximum Gasteiger partial charge on any atom is 0.264 e. The second kappa shape index (κ2) is 13.2. The normalized spacial score (nSPS) is 12.7. The van der Waals surface area contributed by atoms with Crippen molar-refractivity contribution in [2.75, 3.05) is 18.0 Å². The van der Waals surface area contributed by atoms with Gasteiger partial charge in [0, 0.05) is 12.6 Å². The van der Waals surface area contributed by atoms with Crippen LogP contribution in [0.1, 0.15) is 32.8 Å². The molecule has 0 radical (unpaired) electrons. The van der Waals surface area contributed by atoms with E-state index in [1.54, 1.807) is 37.3 Å². The quantitative estimate of drug-likeness (QED) is 0.358. The van der Waals surface area contributed by atoms with Gasteiger partial charge in [-0.25, -0.2) is 12.8 Å². The van der Waals surface area contributed by atoms with Crippen molar-refractivity contribution in [1.29, 1.82) is 0 Å². The SMILES string of the molecule is CC[C@@H](C)NC(=O)[C@@H](C)N(Cc1ccc(F)cc1)C(=O)CN(c1ccccc1)S(=O)(=O)c1ccc(OC)cc1. The molecular weight excluding hydrogens is 521 g/mol. The molecule has 1 N–H and O–H groups in total. The molecule has 0 aromatic heterocycles. The number of nitrogens with one attached hydrogen (secondary N) is 1. The zero-order valence-corrected chi connectivity index (χ0v) is 23.3. The Bertz CT molecular complexity index is 1350. The Morgan fingerprint density at radius 3 is 2.13 bits per heavy atom. The lowest BCUT2D eigenvalue weighted by Crippen LogP contribution is -2.52. The minimum Gasteiger partial charge on any atom is -0.497 e. The lowest BCUT2D eigenvalue weighted by atomic mass is 10.1. The molecule has 0 fully saturated rings. The monoisotopic (exact) mass is 555 g/mol. The highest BCUT2D eigenvalue weighted by Crippen LogP contribution is 2.26. The van der Waals surface area contributed by atoms with Crippen LogP contribution in [0.4, 0.5) is 10.1 Å². The molecule has 0 heterocycles. The zero-order valence-electron chi connectivity index (χ0n) is 22.5. The van der Waals surface area contributed by atoms with Gasteiger partial charge in [-0.1, -0.05) is 37.3 Å². The number of hydrogen-bond acceptors (Lipinski definition) is 5. The summed E-state index contributed by atoms with van der Waals surface area (Å²) in [7, 11) is -2.70. The molecule has 0 aliphatic heterocycles. The fraction of sp³-hybridized carbons (Fsp3) is 0.310. The Morgan fingerprint density at radius 1 is 0.949 bits per heavy atom. The standard InChI is InChI=1S/C29H34FN3O5S/c1-5-21(2)31-29(35)22(3)32(19-23-11-13-24(30)14-12-23)28(34)20-33(25-9-7-6-8-10-25)39(36,37)27-17-15-26(38-4)16-18-27/h6-18,21-22H,5,19-20H2,1-4H3,(H,31,35)/t21-,22-/m1/s1. The average Bonchev–Trinajstić information content (AvgIpc) is 2.95. The van der Waals surface area contributed by atoms with Gasteiger partial charge in [-0.3, -0.25) is 13.9 Å². The summed E-state index contributed by atoms with van der Waals surface area (Å²) in [6.45, 7) is 4.80. The first-order valence-electron chi connectivity index (χ1n) is 12.6. The van der Waals surface area contributed by atoms with Crippen molar-refractivity contribution in [1.82, 2.24) is 10.2 Å². The van der Waals surface area contributed by atoms with Gasteiger partial charge in [-0.2, -0.15) is 0 Å². The molecule has 0 saturated carbocycles. The highest BCUT2D eigenvalue weighted by Gasteiger charge is 2.32. The number of methoxy groups -OCH3 is 1. The van der Waals surface area contributed by atoms with Gasteiger partial charge in [0.2, 0.25) is 11.8 Å². The maximum absolute atomic E-state index is 13.8. The fourth-order valence-corrected chi connectivity index (χ4v) is 5.25. The Kier molecular flexibility index (Phi) is 10.1. The van der Waals surface area contributed by atoms with Crippen LogP contribution in [0, 0.1) is 5.82 Å². The Labute approximate surface area is 229 Å². The van der Waals surface area contributed by atoms with Crippen molar-refractivity contribution in [3.05, 3.63) is 90.2 Å². The number of amides is 2. The smallest absolute Gasteiger partial charge is 0.264 e. The van der Waals surface area contributed by atoms with E-state index in [2.05, 4.69) is 5.32 Å². The second-order valence-electron chi connectivity index (χ2n) is 9.16. The molecule has 0 aliphatic rings. The summed E-state index contributed by atoms with van der Waals surface area (Å²) in [6, 6.07) is 18.7. The third-order valence-electron chi connectivity index (χ3n) is 6.40. The number of ether oxygens (including phenoxy) is 1. The summed E-state index contributed by atoms with van der Waals surface area (Å²) in [5.41, 5.74) is 0.886. The van der Waals surface area contributed by atoms with Gasteiger partial charge < -0.3 is 15.0 Å². The molecule has 0 spiro atoms. The van der Waals surface area contributed by atoms with Gasteiger partial charge in [0.25, 0.3) is 10.0 Å². The van der Waals surface area contributed by atoms with E-state index in [-0.39, 0.29) is 23.4 Å². The van der Waals surface area contributed by atoms with Gasteiger partial charge in [-0.15, -0.1) is 0 Å². The van der Waals surface area contributed by atoms with Crippen LogP contribution in [0.15, 0.2) is 83.8 Å². The molecule has 0 unspecified atom stereocenters. The molecule has 2 atom stereocenters. The highest BCUT2D eigenvalue weighted by molar-refractivity contribution is 7.92. The number of para-hydroxylation sites is 1. The van der Waals surface area contributed by atoms with E-state index in [0.717, 1.165) is 4.31 Å². The van der Waals surface area contributed by atoms with Gasteiger partial charge >= 0.3 is 0 Å². The summed E-state index contributed by atoms with van der Waals surface area (Å²) in [5.74, 6) is -0.904. The van der Waals surface area contributed by atoms with E-state index in [1.807, 2.05) is 13.8 Å². The maximum atomic E-state index is 13.8. The molecule has 8 nitrogen and oxygen atoms in total. The van der Waals surface area contributed by atoms with Crippen molar-refractivity contribution >= 4 is 27.5 Å². The van der Waals surface area contributed by atoms with Gasteiger partial charge in [0.15, 0.2) is 0 Å². The summed E-state index contributed by atoms with van der Waals surface area (Å²) in [5, 5.41) is 2.87. The number of carbonyl (C=O) groups is 2. The Hall–Kier alpha value is -3.92. The third-order valence-corrected chi connectivity index (χ3v) is 8.19. The van der Waals surface area contributed by atoms with Crippen LogP contribution in [0.5, 0.6) is 5.75 Å². The van der Waals surface area contributed by atoms with E-state index in [0.29, 0.717) is 23.4 Å². The van der Waals surface area contributed by atoms with E-state index >= 15 is 0 Å². The topological polar surface area (TPSA) is 96.0 Å². The van der Waals surface area contributed by atoms with Gasteiger partial charge in [0.1, 0.15) is 24.2 Å². The minimum atomic E-state index is -4.17. The second-order valence-corrected chi connectivity index (χ2v) is 11.0. The molecule has 39 heavy (non-hydrogen) atoms.